The van der Waals surface area contributed by atoms with Crippen molar-refractivity contribution in [3.05, 3.63) is 34.8 Å². The number of hydrogen-bond acceptors (Lipinski definition) is 4. The maximum atomic E-state index is 6.31. The summed E-state index contributed by atoms with van der Waals surface area (Å²) >= 11 is 1.72. The first-order valence-corrected chi connectivity index (χ1v) is 8.21. The third-order valence-corrected chi connectivity index (χ3v) is 4.89. The summed E-state index contributed by atoms with van der Waals surface area (Å²) in [5.41, 5.74) is 9.49. The van der Waals surface area contributed by atoms with Crippen LogP contribution in [-0.2, 0) is 12.0 Å². The minimum absolute atomic E-state index is 0.329. The average Bonchev–Trinajstić information content (AvgIpc) is 2.83. The van der Waals surface area contributed by atoms with Crippen molar-refractivity contribution in [1.82, 2.24) is 4.98 Å². The monoisotopic (exact) mass is 303 g/mol. The van der Waals surface area contributed by atoms with Gasteiger partial charge in [-0.25, -0.2) is 4.98 Å². The van der Waals surface area contributed by atoms with E-state index in [-0.39, 0.29) is 5.54 Å². The van der Waals surface area contributed by atoms with E-state index in [1.54, 1.807) is 11.3 Å². The van der Waals surface area contributed by atoms with Crippen LogP contribution in [0.5, 0.6) is 0 Å². The number of hydrogen-bond donors (Lipinski definition) is 1. The first-order valence-electron chi connectivity index (χ1n) is 7.39. The topological polar surface area (TPSA) is 42.2 Å². The van der Waals surface area contributed by atoms with E-state index in [1.807, 2.05) is 14.1 Å². The van der Waals surface area contributed by atoms with Gasteiger partial charge in [0.1, 0.15) is 5.01 Å². The predicted molar refractivity (Wildman–Crippen MR) is 93.1 cm³/mol. The molecule has 114 valence electrons. The van der Waals surface area contributed by atoms with E-state index in [0.29, 0.717) is 0 Å². The van der Waals surface area contributed by atoms with Crippen molar-refractivity contribution < 1.29 is 0 Å². The van der Waals surface area contributed by atoms with E-state index < -0.39 is 0 Å². The molecule has 21 heavy (non-hydrogen) atoms. The van der Waals surface area contributed by atoms with Gasteiger partial charge >= 0.3 is 0 Å². The number of anilines is 1. The van der Waals surface area contributed by atoms with Crippen LogP contribution in [0.25, 0.3) is 10.6 Å². The van der Waals surface area contributed by atoms with Gasteiger partial charge in [0.05, 0.1) is 5.69 Å². The Bertz CT molecular complexity index is 591. The zero-order valence-electron chi connectivity index (χ0n) is 13.6. The van der Waals surface area contributed by atoms with Crippen LogP contribution in [-0.4, -0.2) is 19.1 Å². The number of nitrogens with two attached hydrogens (primary N) is 1. The molecule has 3 nitrogen and oxygen atoms in total. The fraction of sp³-hybridized carbons (Fsp3) is 0.471. The van der Waals surface area contributed by atoms with Crippen molar-refractivity contribution in [3.8, 4) is 10.6 Å². The second-order valence-electron chi connectivity index (χ2n) is 6.21. The van der Waals surface area contributed by atoms with Crippen LogP contribution in [0.15, 0.2) is 24.3 Å². The van der Waals surface area contributed by atoms with Gasteiger partial charge in [-0.05, 0) is 44.5 Å². The summed E-state index contributed by atoms with van der Waals surface area (Å²) in [6.07, 6.45) is 2.08. The highest BCUT2D eigenvalue weighted by Gasteiger charge is 2.23. The molecule has 0 saturated carbocycles. The number of rotatable bonds is 5. The Balaban J connectivity index is 2.40. The van der Waals surface area contributed by atoms with Crippen molar-refractivity contribution in [1.29, 1.82) is 0 Å². The second kappa shape index (κ2) is 6.16. The standard InChI is InChI=1S/C17H25N3S/c1-6-7-14-15(17(2,3)18)21-16(19-14)12-8-10-13(11-9-12)20(4)5/h8-11H,6-7,18H2,1-5H3. The van der Waals surface area contributed by atoms with Gasteiger partial charge in [0.2, 0.25) is 0 Å². The molecule has 2 rings (SSSR count). The highest BCUT2D eigenvalue weighted by molar-refractivity contribution is 7.15. The fourth-order valence-corrected chi connectivity index (χ4v) is 3.42. The van der Waals surface area contributed by atoms with Gasteiger partial charge in [-0.2, -0.15) is 0 Å². The number of benzene rings is 1. The van der Waals surface area contributed by atoms with E-state index in [9.17, 15) is 0 Å². The number of aryl methyl sites for hydroxylation is 1. The van der Waals surface area contributed by atoms with Crippen LogP contribution in [0.4, 0.5) is 5.69 Å². The molecule has 2 aromatic rings. The molecule has 0 amide bonds. The first kappa shape index (κ1) is 16.0. The first-order chi connectivity index (χ1) is 9.82. The predicted octanol–water partition coefficient (Wildman–Crippen LogP) is 4.02. The zero-order chi connectivity index (χ0) is 15.6. The highest BCUT2D eigenvalue weighted by Crippen LogP contribution is 2.34. The minimum Gasteiger partial charge on any atom is -0.378 e. The third-order valence-electron chi connectivity index (χ3n) is 3.40. The van der Waals surface area contributed by atoms with Gasteiger partial charge in [0.15, 0.2) is 0 Å². The normalized spacial score (nSPS) is 11.7. The summed E-state index contributed by atoms with van der Waals surface area (Å²) in [6.45, 7) is 6.29. The lowest BCUT2D eigenvalue weighted by atomic mass is 10.0. The lowest BCUT2D eigenvalue weighted by molar-refractivity contribution is 0.557. The Hall–Kier alpha value is -1.39. The van der Waals surface area contributed by atoms with E-state index >= 15 is 0 Å². The van der Waals surface area contributed by atoms with Crippen molar-refractivity contribution in [2.45, 2.75) is 39.2 Å². The third kappa shape index (κ3) is 3.63. The SMILES string of the molecule is CCCc1nc(-c2ccc(N(C)C)cc2)sc1C(C)(C)N. The van der Waals surface area contributed by atoms with E-state index in [1.165, 1.54) is 16.1 Å². The Morgan fingerprint density at radius 3 is 2.29 bits per heavy atom. The molecule has 0 spiro atoms. The van der Waals surface area contributed by atoms with E-state index in [4.69, 9.17) is 10.7 Å². The smallest absolute Gasteiger partial charge is 0.123 e. The summed E-state index contributed by atoms with van der Waals surface area (Å²) in [5.74, 6) is 0. The average molecular weight is 303 g/mol. The fourth-order valence-electron chi connectivity index (χ4n) is 2.29. The van der Waals surface area contributed by atoms with Gasteiger partial charge in [-0.1, -0.05) is 13.3 Å². The Kier molecular flexibility index (Phi) is 4.69. The largest absolute Gasteiger partial charge is 0.378 e. The number of thiazole rings is 1. The maximum Gasteiger partial charge on any atom is 0.123 e. The lowest BCUT2D eigenvalue weighted by Crippen LogP contribution is -2.28. The molecule has 0 atom stereocenters. The van der Waals surface area contributed by atoms with Crippen molar-refractivity contribution in [3.63, 3.8) is 0 Å². The summed E-state index contributed by atoms with van der Waals surface area (Å²) < 4.78 is 0. The second-order valence-corrected chi connectivity index (χ2v) is 7.21. The Morgan fingerprint density at radius 2 is 1.81 bits per heavy atom. The summed E-state index contributed by atoms with van der Waals surface area (Å²) in [5, 5.41) is 1.07. The van der Waals surface area contributed by atoms with Crippen molar-refractivity contribution >= 4 is 17.0 Å². The number of nitrogens with zero attached hydrogens (tertiary/aromatic N) is 2. The molecule has 0 radical (unpaired) electrons. The van der Waals surface area contributed by atoms with Crippen molar-refractivity contribution in [2.24, 2.45) is 5.73 Å². The number of aromatic nitrogens is 1. The molecule has 1 heterocycles. The summed E-state index contributed by atoms with van der Waals surface area (Å²) in [7, 11) is 4.10. The molecular formula is C17H25N3S. The van der Waals surface area contributed by atoms with Crippen LogP contribution in [0.2, 0.25) is 0 Å². The Morgan fingerprint density at radius 1 is 1.19 bits per heavy atom. The Labute approximate surface area is 131 Å². The van der Waals surface area contributed by atoms with Crippen LogP contribution in [0.3, 0.4) is 0 Å². The van der Waals surface area contributed by atoms with Crippen LogP contribution >= 0.6 is 11.3 Å². The molecule has 0 aliphatic carbocycles. The summed E-state index contributed by atoms with van der Waals surface area (Å²) in [4.78, 5) is 8.14. The molecule has 1 aromatic heterocycles. The van der Waals surface area contributed by atoms with Gasteiger partial charge in [0, 0.05) is 35.8 Å². The molecular weight excluding hydrogens is 278 g/mol. The molecule has 2 N–H and O–H groups in total. The molecule has 0 fully saturated rings. The molecule has 0 unspecified atom stereocenters. The van der Waals surface area contributed by atoms with Gasteiger partial charge in [-0.15, -0.1) is 11.3 Å². The van der Waals surface area contributed by atoms with E-state index in [2.05, 4.69) is 49.9 Å². The quantitative estimate of drug-likeness (QED) is 0.907. The van der Waals surface area contributed by atoms with Crippen LogP contribution in [0, 0.1) is 0 Å². The molecule has 0 saturated heterocycles. The molecule has 4 heteroatoms. The maximum absolute atomic E-state index is 6.31. The highest BCUT2D eigenvalue weighted by atomic mass is 32.1. The lowest BCUT2D eigenvalue weighted by Gasteiger charge is -2.17. The van der Waals surface area contributed by atoms with Gasteiger partial charge < -0.3 is 10.6 Å². The van der Waals surface area contributed by atoms with E-state index in [0.717, 1.165) is 23.5 Å². The molecule has 1 aromatic carbocycles. The van der Waals surface area contributed by atoms with Crippen molar-refractivity contribution in [2.75, 3.05) is 19.0 Å². The molecule has 0 bridgehead atoms. The summed E-state index contributed by atoms with van der Waals surface area (Å²) in [6, 6.07) is 8.53. The van der Waals surface area contributed by atoms with Crippen LogP contribution < -0.4 is 10.6 Å². The zero-order valence-corrected chi connectivity index (χ0v) is 14.4. The minimum atomic E-state index is -0.329. The van der Waals surface area contributed by atoms with Gasteiger partial charge in [0.25, 0.3) is 0 Å². The van der Waals surface area contributed by atoms with Gasteiger partial charge in [-0.3, -0.25) is 0 Å². The molecule has 0 aliphatic heterocycles. The van der Waals surface area contributed by atoms with Crippen LogP contribution in [0.1, 0.15) is 37.8 Å². The molecule has 0 aliphatic rings.